The van der Waals surface area contributed by atoms with Crippen LogP contribution < -0.4 is 15.0 Å². The Morgan fingerprint density at radius 2 is 2.04 bits per heavy atom. The van der Waals surface area contributed by atoms with Crippen molar-refractivity contribution >= 4 is 23.2 Å². The Hall–Kier alpha value is -3.33. The molecule has 0 atom stereocenters. The highest BCUT2D eigenvalue weighted by Gasteiger charge is 2.21. The number of nitrogens with one attached hydrogen (secondary N) is 1. The van der Waals surface area contributed by atoms with Crippen LogP contribution in [0.25, 0.3) is 0 Å². The van der Waals surface area contributed by atoms with Gasteiger partial charge in [0, 0.05) is 42.4 Å². The van der Waals surface area contributed by atoms with Gasteiger partial charge >= 0.3 is 0 Å². The predicted molar refractivity (Wildman–Crippen MR) is 103 cm³/mol. The van der Waals surface area contributed by atoms with Gasteiger partial charge in [0.05, 0.1) is 12.7 Å². The van der Waals surface area contributed by atoms with Crippen LogP contribution in [0.3, 0.4) is 0 Å². The molecule has 6 heteroatoms. The molecule has 0 saturated carbocycles. The van der Waals surface area contributed by atoms with Crippen LogP contribution in [0.1, 0.15) is 36.0 Å². The summed E-state index contributed by atoms with van der Waals surface area (Å²) in [6.07, 6.45) is 2.57. The zero-order valence-electron chi connectivity index (χ0n) is 15.0. The van der Waals surface area contributed by atoms with Gasteiger partial charge in [-0.2, -0.15) is 5.26 Å². The molecule has 1 aliphatic heterocycles. The molecule has 1 heterocycles. The van der Waals surface area contributed by atoms with Crippen LogP contribution in [0.4, 0.5) is 11.4 Å². The molecule has 1 saturated heterocycles. The van der Waals surface area contributed by atoms with Crippen LogP contribution in [0.15, 0.2) is 48.5 Å². The summed E-state index contributed by atoms with van der Waals surface area (Å²) in [4.78, 5) is 26.0. The lowest BCUT2D eigenvalue weighted by Gasteiger charge is -2.16. The number of carbonyl (C=O) groups is 2. The van der Waals surface area contributed by atoms with Crippen molar-refractivity contribution in [3.8, 4) is 11.8 Å². The van der Waals surface area contributed by atoms with E-state index in [-0.39, 0.29) is 11.8 Å². The summed E-state index contributed by atoms with van der Waals surface area (Å²) in [5.41, 5.74) is 1.98. The minimum Gasteiger partial charge on any atom is -0.493 e. The molecule has 0 aromatic heterocycles. The Morgan fingerprint density at radius 1 is 1.22 bits per heavy atom. The number of ether oxygens (including phenoxy) is 1. The van der Waals surface area contributed by atoms with Gasteiger partial charge in [-0.1, -0.05) is 6.07 Å². The highest BCUT2D eigenvalue weighted by Crippen LogP contribution is 2.22. The Kier molecular flexibility index (Phi) is 6.06. The number of carbonyl (C=O) groups excluding carboxylic acids is 2. The van der Waals surface area contributed by atoms with Crippen molar-refractivity contribution in [1.29, 1.82) is 5.26 Å². The van der Waals surface area contributed by atoms with Gasteiger partial charge in [0.1, 0.15) is 5.75 Å². The molecule has 0 unspecified atom stereocenters. The van der Waals surface area contributed by atoms with E-state index in [0.29, 0.717) is 42.9 Å². The molecule has 138 valence electrons. The van der Waals surface area contributed by atoms with Crippen LogP contribution in [0, 0.1) is 11.3 Å². The Balaban J connectivity index is 1.60. The first-order chi connectivity index (χ1) is 13.2. The van der Waals surface area contributed by atoms with Gasteiger partial charge < -0.3 is 15.0 Å². The van der Waals surface area contributed by atoms with Crippen LogP contribution in [-0.2, 0) is 4.79 Å². The maximum Gasteiger partial charge on any atom is 0.255 e. The van der Waals surface area contributed by atoms with Crippen LogP contribution in [0.5, 0.6) is 5.75 Å². The number of rotatable bonds is 7. The minimum atomic E-state index is -0.226. The molecule has 0 radical (unpaired) electrons. The number of nitrogens with zero attached hydrogens (tertiary/aromatic N) is 2. The van der Waals surface area contributed by atoms with Crippen molar-refractivity contribution in [2.24, 2.45) is 0 Å². The van der Waals surface area contributed by atoms with E-state index in [0.717, 1.165) is 18.7 Å². The third kappa shape index (κ3) is 4.85. The Morgan fingerprint density at radius 3 is 2.74 bits per heavy atom. The van der Waals surface area contributed by atoms with E-state index in [4.69, 9.17) is 10.00 Å². The summed E-state index contributed by atoms with van der Waals surface area (Å²) in [6.45, 7) is 1.19. The lowest BCUT2D eigenvalue weighted by atomic mass is 10.1. The largest absolute Gasteiger partial charge is 0.493 e. The van der Waals surface area contributed by atoms with Crippen molar-refractivity contribution in [2.75, 3.05) is 23.4 Å². The van der Waals surface area contributed by atoms with Gasteiger partial charge in [-0.15, -0.1) is 0 Å². The summed E-state index contributed by atoms with van der Waals surface area (Å²) < 4.78 is 5.58. The topological polar surface area (TPSA) is 82.4 Å². The first kappa shape index (κ1) is 18.5. The van der Waals surface area contributed by atoms with E-state index in [2.05, 4.69) is 11.4 Å². The molecule has 2 aromatic rings. The van der Waals surface area contributed by atoms with E-state index in [1.807, 2.05) is 6.07 Å². The van der Waals surface area contributed by atoms with Crippen LogP contribution in [0.2, 0.25) is 0 Å². The van der Waals surface area contributed by atoms with Gasteiger partial charge in [0.2, 0.25) is 5.91 Å². The highest BCUT2D eigenvalue weighted by molar-refractivity contribution is 6.05. The average molecular weight is 363 g/mol. The summed E-state index contributed by atoms with van der Waals surface area (Å²) in [7, 11) is 0. The smallest absolute Gasteiger partial charge is 0.255 e. The average Bonchev–Trinajstić information content (AvgIpc) is 3.12. The molecule has 0 aliphatic carbocycles. The predicted octanol–water partition coefficient (Wildman–Crippen LogP) is 3.75. The summed E-state index contributed by atoms with van der Waals surface area (Å²) in [6, 6.07) is 16.3. The second kappa shape index (κ2) is 8.86. The molecular weight excluding hydrogens is 342 g/mol. The number of nitriles is 1. The summed E-state index contributed by atoms with van der Waals surface area (Å²) in [5.74, 6) is 0.545. The maximum atomic E-state index is 12.5. The molecule has 1 aliphatic rings. The fourth-order valence-corrected chi connectivity index (χ4v) is 2.92. The molecule has 27 heavy (non-hydrogen) atoms. The number of anilines is 2. The molecule has 1 fully saturated rings. The number of unbranched alkanes of at least 4 members (excludes halogenated alkanes) is 1. The van der Waals surface area contributed by atoms with Gasteiger partial charge in [0.15, 0.2) is 0 Å². The summed E-state index contributed by atoms with van der Waals surface area (Å²) in [5, 5.41) is 11.4. The molecule has 1 N–H and O–H groups in total. The van der Waals surface area contributed by atoms with Crippen molar-refractivity contribution in [3.05, 3.63) is 54.1 Å². The summed E-state index contributed by atoms with van der Waals surface area (Å²) >= 11 is 0. The normalized spacial score (nSPS) is 13.3. The van der Waals surface area contributed by atoms with Crippen LogP contribution in [-0.4, -0.2) is 25.0 Å². The maximum absolute atomic E-state index is 12.5. The van der Waals surface area contributed by atoms with Crippen LogP contribution >= 0.6 is 0 Å². The zero-order chi connectivity index (χ0) is 19.1. The van der Waals surface area contributed by atoms with E-state index < -0.39 is 0 Å². The third-order valence-electron chi connectivity index (χ3n) is 4.31. The van der Waals surface area contributed by atoms with E-state index in [9.17, 15) is 9.59 Å². The van der Waals surface area contributed by atoms with Crippen molar-refractivity contribution in [1.82, 2.24) is 0 Å². The van der Waals surface area contributed by atoms with Crippen molar-refractivity contribution in [3.63, 3.8) is 0 Å². The number of hydrogen-bond acceptors (Lipinski definition) is 4. The van der Waals surface area contributed by atoms with Gasteiger partial charge in [-0.05, 0) is 49.2 Å². The number of hydrogen-bond donors (Lipinski definition) is 1. The van der Waals surface area contributed by atoms with E-state index >= 15 is 0 Å². The standard InChI is InChI=1S/C21H21N3O3/c22-12-1-2-14-27-19-6-3-5-17(15-19)23-21(26)16-8-10-18(11-9-16)24-13-4-7-20(24)25/h3,5-6,8-11,15H,1-2,4,7,13-14H2,(H,23,26). The first-order valence-electron chi connectivity index (χ1n) is 8.99. The first-order valence-corrected chi connectivity index (χ1v) is 8.99. The van der Waals surface area contributed by atoms with Gasteiger partial charge in [-0.25, -0.2) is 0 Å². The number of benzene rings is 2. The van der Waals surface area contributed by atoms with E-state index in [1.165, 1.54) is 0 Å². The molecule has 0 bridgehead atoms. The second-order valence-electron chi connectivity index (χ2n) is 6.29. The quantitative estimate of drug-likeness (QED) is 0.760. The molecule has 2 amide bonds. The van der Waals surface area contributed by atoms with Crippen molar-refractivity contribution < 1.29 is 14.3 Å². The SMILES string of the molecule is N#CCCCOc1cccc(NC(=O)c2ccc(N3CCCC3=O)cc2)c1. The number of amides is 2. The molecule has 6 nitrogen and oxygen atoms in total. The lowest BCUT2D eigenvalue weighted by molar-refractivity contribution is -0.117. The fourth-order valence-electron chi connectivity index (χ4n) is 2.92. The molecule has 3 rings (SSSR count). The minimum absolute atomic E-state index is 0.124. The lowest BCUT2D eigenvalue weighted by Crippen LogP contribution is -2.23. The van der Waals surface area contributed by atoms with Crippen molar-refractivity contribution in [2.45, 2.75) is 25.7 Å². The highest BCUT2D eigenvalue weighted by atomic mass is 16.5. The zero-order valence-corrected chi connectivity index (χ0v) is 15.0. The molecule has 0 spiro atoms. The molecular formula is C21H21N3O3. The van der Waals surface area contributed by atoms with E-state index in [1.54, 1.807) is 47.4 Å². The second-order valence-corrected chi connectivity index (χ2v) is 6.29. The third-order valence-corrected chi connectivity index (χ3v) is 4.31. The monoisotopic (exact) mass is 363 g/mol. The Labute approximate surface area is 158 Å². The Bertz CT molecular complexity index is 856. The molecule has 2 aromatic carbocycles. The fraction of sp³-hybridized carbons (Fsp3) is 0.286. The van der Waals surface area contributed by atoms with Gasteiger partial charge in [0.25, 0.3) is 5.91 Å². The van der Waals surface area contributed by atoms with Gasteiger partial charge in [-0.3, -0.25) is 9.59 Å².